The normalized spacial score (nSPS) is 15.1. The molecule has 1 amide bonds. The molecule has 4 rings (SSSR count). The number of rotatable bonds is 5. The molecule has 9 nitrogen and oxygen atoms in total. The van der Waals surface area contributed by atoms with Crippen LogP contribution in [0.1, 0.15) is 29.2 Å². The number of terminal acetylenes is 1. The Morgan fingerprint density at radius 3 is 2.80 bits per heavy atom. The molecule has 0 saturated carbocycles. The lowest BCUT2D eigenvalue weighted by Gasteiger charge is -2.25. The molecule has 1 aromatic carbocycles. The number of hydrogen-bond acceptors (Lipinski definition) is 6. The second-order valence-corrected chi connectivity index (χ2v) is 6.75. The number of amides is 1. The Bertz CT molecular complexity index is 1200. The Kier molecular flexibility index (Phi) is 4.98. The minimum Gasteiger partial charge on any atom is -0.493 e. The summed E-state index contributed by atoms with van der Waals surface area (Å²) in [6.45, 7) is 2.00. The second-order valence-electron chi connectivity index (χ2n) is 6.75. The zero-order chi connectivity index (χ0) is 21.3. The lowest BCUT2D eigenvalue weighted by Crippen LogP contribution is -2.25. The number of methoxy groups -OCH3 is 1. The fourth-order valence-corrected chi connectivity index (χ4v) is 3.59. The number of benzene rings is 1. The number of H-pyrrole nitrogens is 1. The van der Waals surface area contributed by atoms with Gasteiger partial charge in [-0.1, -0.05) is 12.0 Å². The molecule has 1 aliphatic rings. The van der Waals surface area contributed by atoms with Crippen LogP contribution in [0.3, 0.4) is 0 Å². The van der Waals surface area contributed by atoms with Gasteiger partial charge in [-0.15, -0.1) is 6.42 Å². The third kappa shape index (κ3) is 3.39. The summed E-state index contributed by atoms with van der Waals surface area (Å²) >= 11 is 0. The van der Waals surface area contributed by atoms with Gasteiger partial charge in [0.05, 0.1) is 12.8 Å². The van der Waals surface area contributed by atoms with Crippen molar-refractivity contribution in [1.82, 2.24) is 20.0 Å². The van der Waals surface area contributed by atoms with Crippen molar-refractivity contribution in [2.45, 2.75) is 19.3 Å². The Labute approximate surface area is 172 Å². The highest BCUT2D eigenvalue weighted by Gasteiger charge is 2.33. The Balaban J connectivity index is 1.79. The van der Waals surface area contributed by atoms with Gasteiger partial charge in [0, 0.05) is 24.0 Å². The second kappa shape index (κ2) is 7.75. The number of carbonyl (C=O) groups excluding carboxylic acids is 1. The van der Waals surface area contributed by atoms with E-state index in [1.165, 1.54) is 10.7 Å². The average molecular weight is 405 g/mol. The SMILES string of the molecule is C#CCOc1ccc([C@@H]2CC(=O)Nc3c2c(C)nn3-c2ccc(=O)[nH]n2)cc1OC. The van der Waals surface area contributed by atoms with Crippen LogP contribution in [0.2, 0.25) is 0 Å². The predicted octanol–water partition coefficient (Wildman–Crippen LogP) is 1.76. The molecule has 3 heterocycles. The van der Waals surface area contributed by atoms with Gasteiger partial charge in [0.1, 0.15) is 12.4 Å². The van der Waals surface area contributed by atoms with E-state index in [1.807, 2.05) is 19.1 Å². The van der Waals surface area contributed by atoms with Crippen LogP contribution < -0.4 is 20.3 Å². The molecule has 2 N–H and O–H groups in total. The number of fused-ring (bicyclic) bond motifs is 1. The molecule has 0 unspecified atom stereocenters. The molecular weight excluding hydrogens is 386 g/mol. The van der Waals surface area contributed by atoms with Crippen LogP contribution in [0.15, 0.2) is 35.1 Å². The van der Waals surface area contributed by atoms with Crippen molar-refractivity contribution in [2.75, 3.05) is 19.0 Å². The van der Waals surface area contributed by atoms with E-state index in [4.69, 9.17) is 15.9 Å². The summed E-state index contributed by atoms with van der Waals surface area (Å²) in [5.74, 6) is 4.03. The molecule has 0 saturated heterocycles. The molecule has 0 bridgehead atoms. The van der Waals surface area contributed by atoms with E-state index in [-0.39, 0.29) is 30.4 Å². The first-order valence-electron chi connectivity index (χ1n) is 9.21. The van der Waals surface area contributed by atoms with Crippen LogP contribution in [0, 0.1) is 19.3 Å². The van der Waals surface area contributed by atoms with Crippen LogP contribution in [0.4, 0.5) is 5.82 Å². The minimum absolute atomic E-state index is 0.129. The first kappa shape index (κ1) is 19.3. The summed E-state index contributed by atoms with van der Waals surface area (Å²) in [4.78, 5) is 23.9. The highest BCUT2D eigenvalue weighted by atomic mass is 16.5. The predicted molar refractivity (Wildman–Crippen MR) is 109 cm³/mol. The molecule has 2 aromatic heterocycles. The maximum Gasteiger partial charge on any atom is 0.264 e. The molecule has 9 heteroatoms. The Hall–Kier alpha value is -4.06. The van der Waals surface area contributed by atoms with E-state index in [0.717, 1.165) is 16.8 Å². The quantitative estimate of drug-likeness (QED) is 0.626. The molecule has 152 valence electrons. The fourth-order valence-electron chi connectivity index (χ4n) is 3.59. The Morgan fingerprint density at radius 1 is 1.27 bits per heavy atom. The number of aromatic nitrogens is 4. The largest absolute Gasteiger partial charge is 0.493 e. The van der Waals surface area contributed by atoms with E-state index in [9.17, 15) is 9.59 Å². The van der Waals surface area contributed by atoms with Crippen molar-refractivity contribution in [3.05, 3.63) is 57.5 Å². The third-order valence-corrected chi connectivity index (χ3v) is 4.89. The number of aryl methyl sites for hydroxylation is 1. The summed E-state index contributed by atoms with van der Waals surface area (Å²) in [7, 11) is 1.55. The topological polar surface area (TPSA) is 111 Å². The van der Waals surface area contributed by atoms with Gasteiger partial charge in [0.2, 0.25) is 5.91 Å². The molecule has 30 heavy (non-hydrogen) atoms. The molecule has 0 radical (unpaired) electrons. The summed E-state index contributed by atoms with van der Waals surface area (Å²) in [5, 5.41) is 13.8. The van der Waals surface area contributed by atoms with Crippen LogP contribution >= 0.6 is 0 Å². The maximum atomic E-state index is 12.5. The van der Waals surface area contributed by atoms with E-state index in [2.05, 4.69) is 26.5 Å². The van der Waals surface area contributed by atoms with Gasteiger partial charge in [-0.2, -0.15) is 14.9 Å². The van der Waals surface area contributed by atoms with E-state index in [0.29, 0.717) is 23.1 Å². The van der Waals surface area contributed by atoms with Crippen molar-refractivity contribution in [3.63, 3.8) is 0 Å². The van der Waals surface area contributed by atoms with Gasteiger partial charge in [-0.05, 0) is 30.7 Å². The molecule has 1 aliphatic heterocycles. The highest BCUT2D eigenvalue weighted by molar-refractivity contribution is 5.95. The van der Waals surface area contributed by atoms with Crippen molar-refractivity contribution < 1.29 is 14.3 Å². The summed E-state index contributed by atoms with van der Waals surface area (Å²) in [6, 6.07) is 8.40. The zero-order valence-corrected chi connectivity index (χ0v) is 16.4. The number of hydrogen-bond donors (Lipinski definition) is 2. The number of ether oxygens (including phenoxy) is 2. The zero-order valence-electron chi connectivity index (χ0n) is 16.4. The molecule has 3 aromatic rings. The summed E-state index contributed by atoms with van der Waals surface area (Å²) in [5.41, 5.74) is 2.18. The highest BCUT2D eigenvalue weighted by Crippen LogP contribution is 2.42. The number of nitrogens with zero attached hydrogens (tertiary/aromatic N) is 3. The van der Waals surface area contributed by atoms with Gasteiger partial charge in [0.25, 0.3) is 5.56 Å². The van der Waals surface area contributed by atoms with Gasteiger partial charge < -0.3 is 14.8 Å². The van der Waals surface area contributed by atoms with E-state index in [1.54, 1.807) is 19.2 Å². The van der Waals surface area contributed by atoms with Gasteiger partial charge >= 0.3 is 0 Å². The monoisotopic (exact) mass is 405 g/mol. The summed E-state index contributed by atoms with van der Waals surface area (Å²) in [6.07, 6.45) is 5.52. The fraction of sp³-hybridized carbons (Fsp3) is 0.238. The molecule has 0 fully saturated rings. The Morgan fingerprint density at radius 2 is 2.10 bits per heavy atom. The van der Waals surface area contributed by atoms with Crippen molar-refractivity contribution >= 4 is 11.7 Å². The summed E-state index contributed by atoms with van der Waals surface area (Å²) < 4.78 is 12.5. The smallest absolute Gasteiger partial charge is 0.264 e. The van der Waals surface area contributed by atoms with E-state index < -0.39 is 0 Å². The number of anilines is 1. The van der Waals surface area contributed by atoms with Crippen LogP contribution in [-0.4, -0.2) is 39.6 Å². The lowest BCUT2D eigenvalue weighted by atomic mass is 9.85. The van der Waals surface area contributed by atoms with E-state index >= 15 is 0 Å². The maximum absolute atomic E-state index is 12.5. The van der Waals surface area contributed by atoms with Crippen molar-refractivity contribution in [2.24, 2.45) is 0 Å². The van der Waals surface area contributed by atoms with Gasteiger partial charge in [-0.25, -0.2) is 5.10 Å². The molecular formula is C21H19N5O4. The number of nitrogens with one attached hydrogen (secondary N) is 2. The lowest BCUT2D eigenvalue weighted by molar-refractivity contribution is -0.116. The standard InChI is InChI=1S/C21H19N5O4/c1-4-9-30-15-6-5-13(10-16(15)29-3)14-11-19(28)22-21-20(14)12(2)25-26(21)17-7-8-18(27)24-23-17/h1,5-8,10,14H,9,11H2,2-3H3,(H,22,28)(H,24,27)/t14-/m0/s1. The number of aromatic amines is 1. The number of carbonyl (C=O) groups is 1. The van der Waals surface area contributed by atoms with Gasteiger partial charge in [0.15, 0.2) is 17.3 Å². The van der Waals surface area contributed by atoms with Crippen LogP contribution in [0.25, 0.3) is 5.82 Å². The molecule has 1 atom stereocenters. The van der Waals surface area contributed by atoms with Crippen molar-refractivity contribution in [1.29, 1.82) is 0 Å². The average Bonchev–Trinajstić information content (AvgIpc) is 3.08. The first-order chi connectivity index (χ1) is 14.5. The van der Waals surface area contributed by atoms with Gasteiger partial charge in [-0.3, -0.25) is 9.59 Å². The van der Waals surface area contributed by atoms with Crippen molar-refractivity contribution in [3.8, 4) is 29.7 Å². The van der Waals surface area contributed by atoms with Crippen LogP contribution in [0.5, 0.6) is 11.5 Å². The third-order valence-electron chi connectivity index (χ3n) is 4.89. The van der Waals surface area contributed by atoms with Crippen LogP contribution in [-0.2, 0) is 4.79 Å². The first-order valence-corrected chi connectivity index (χ1v) is 9.21. The molecule has 0 aliphatic carbocycles. The molecule has 0 spiro atoms. The minimum atomic E-state index is -0.322.